The van der Waals surface area contributed by atoms with E-state index in [0.717, 1.165) is 16.6 Å². The van der Waals surface area contributed by atoms with E-state index in [-0.39, 0.29) is 17.4 Å². The molecule has 0 spiro atoms. The summed E-state index contributed by atoms with van der Waals surface area (Å²) in [6.45, 7) is 10.1. The Hall–Kier alpha value is -2.76. The first kappa shape index (κ1) is 17.1. The number of pyridine rings is 1. The molecule has 1 amide bonds. The highest BCUT2D eigenvalue weighted by molar-refractivity contribution is 5.93. The first-order valence-electron chi connectivity index (χ1n) is 8.35. The van der Waals surface area contributed by atoms with Crippen LogP contribution in [0.25, 0.3) is 16.6 Å². The van der Waals surface area contributed by atoms with Crippen LogP contribution in [0.5, 0.6) is 0 Å². The van der Waals surface area contributed by atoms with Gasteiger partial charge in [0, 0.05) is 17.6 Å². The van der Waals surface area contributed by atoms with Crippen molar-refractivity contribution in [3.8, 4) is 5.69 Å². The topological polar surface area (TPSA) is 72.7 Å². The lowest BCUT2D eigenvalue weighted by Crippen LogP contribution is -2.41. The largest absolute Gasteiger partial charge is 0.348 e. The van der Waals surface area contributed by atoms with E-state index in [4.69, 9.17) is 0 Å². The molecule has 25 heavy (non-hydrogen) atoms. The average molecular weight is 337 g/mol. The molecular weight excluding hydrogens is 314 g/mol. The molecule has 0 fully saturated rings. The summed E-state index contributed by atoms with van der Waals surface area (Å²) in [6, 6.07) is 9.77. The van der Waals surface area contributed by atoms with Crippen LogP contribution in [0.1, 0.15) is 43.9 Å². The predicted octanol–water partition coefficient (Wildman–Crippen LogP) is 3.29. The van der Waals surface area contributed by atoms with Crippen molar-refractivity contribution in [3.05, 3.63) is 47.9 Å². The third-order valence-electron chi connectivity index (χ3n) is 4.59. The zero-order valence-corrected chi connectivity index (χ0v) is 15.2. The van der Waals surface area contributed by atoms with Gasteiger partial charge in [0.2, 0.25) is 0 Å². The summed E-state index contributed by atoms with van der Waals surface area (Å²) in [5.41, 5.74) is 2.81. The average Bonchev–Trinajstić information content (AvgIpc) is 2.95. The number of fused-ring (bicyclic) bond motifs is 1. The Morgan fingerprint density at radius 1 is 1.24 bits per heavy atom. The minimum Gasteiger partial charge on any atom is -0.348 e. The van der Waals surface area contributed by atoms with Gasteiger partial charge in [0.25, 0.3) is 5.91 Å². The number of carbonyl (C=O) groups excluding carboxylic acids is 1. The van der Waals surface area contributed by atoms with Crippen molar-refractivity contribution in [1.82, 2.24) is 25.3 Å². The van der Waals surface area contributed by atoms with Gasteiger partial charge in [-0.25, -0.2) is 4.68 Å². The van der Waals surface area contributed by atoms with Crippen LogP contribution in [-0.2, 0) is 0 Å². The molecule has 6 nitrogen and oxygen atoms in total. The smallest absolute Gasteiger partial charge is 0.273 e. The minimum atomic E-state index is -0.200. The van der Waals surface area contributed by atoms with Crippen LogP contribution in [0.2, 0.25) is 0 Å². The van der Waals surface area contributed by atoms with Crippen molar-refractivity contribution < 1.29 is 4.79 Å². The number of hydrogen-bond acceptors (Lipinski definition) is 4. The maximum absolute atomic E-state index is 12.5. The fourth-order valence-corrected chi connectivity index (χ4v) is 2.46. The van der Waals surface area contributed by atoms with E-state index < -0.39 is 0 Å². The molecule has 2 aromatic heterocycles. The van der Waals surface area contributed by atoms with E-state index >= 15 is 0 Å². The van der Waals surface area contributed by atoms with E-state index in [1.54, 1.807) is 10.9 Å². The van der Waals surface area contributed by atoms with Crippen LogP contribution < -0.4 is 5.32 Å². The Balaban J connectivity index is 1.91. The summed E-state index contributed by atoms with van der Waals surface area (Å²) in [6.07, 6.45) is 1.77. The highest BCUT2D eigenvalue weighted by Crippen LogP contribution is 2.20. The molecule has 1 atom stereocenters. The van der Waals surface area contributed by atoms with Crippen molar-refractivity contribution in [2.45, 2.75) is 40.7 Å². The Bertz CT molecular complexity index is 923. The fraction of sp³-hybridized carbons (Fsp3) is 0.368. The molecule has 1 aromatic carbocycles. The molecule has 1 unspecified atom stereocenters. The number of hydrogen-bond donors (Lipinski definition) is 1. The monoisotopic (exact) mass is 337 g/mol. The fourth-order valence-electron chi connectivity index (χ4n) is 2.46. The third kappa shape index (κ3) is 3.38. The second-order valence-electron chi connectivity index (χ2n) is 7.38. The van der Waals surface area contributed by atoms with Gasteiger partial charge >= 0.3 is 0 Å². The first-order chi connectivity index (χ1) is 11.8. The van der Waals surface area contributed by atoms with Crippen molar-refractivity contribution in [2.24, 2.45) is 5.41 Å². The molecule has 0 saturated heterocycles. The predicted molar refractivity (Wildman–Crippen MR) is 97.8 cm³/mol. The lowest BCUT2D eigenvalue weighted by atomic mass is 9.88. The van der Waals surface area contributed by atoms with Crippen LogP contribution in [0.4, 0.5) is 0 Å². The van der Waals surface area contributed by atoms with E-state index in [1.807, 2.05) is 44.2 Å². The summed E-state index contributed by atoms with van der Waals surface area (Å²) >= 11 is 0. The van der Waals surface area contributed by atoms with Crippen LogP contribution in [0.15, 0.2) is 36.5 Å². The van der Waals surface area contributed by atoms with E-state index in [9.17, 15) is 4.79 Å². The van der Waals surface area contributed by atoms with E-state index in [2.05, 4.69) is 41.4 Å². The minimum absolute atomic E-state index is 0.0229. The van der Waals surface area contributed by atoms with Gasteiger partial charge in [0.05, 0.1) is 16.9 Å². The van der Waals surface area contributed by atoms with Gasteiger partial charge in [-0.1, -0.05) is 32.1 Å². The molecule has 3 rings (SSSR count). The summed E-state index contributed by atoms with van der Waals surface area (Å²) < 4.78 is 1.68. The summed E-state index contributed by atoms with van der Waals surface area (Å²) in [5.74, 6) is -0.200. The van der Waals surface area contributed by atoms with Gasteiger partial charge in [0.15, 0.2) is 5.69 Å². The van der Waals surface area contributed by atoms with Gasteiger partial charge in [0.1, 0.15) is 0 Å². The van der Waals surface area contributed by atoms with E-state index in [1.165, 1.54) is 0 Å². The third-order valence-corrected chi connectivity index (χ3v) is 4.59. The summed E-state index contributed by atoms with van der Waals surface area (Å²) in [4.78, 5) is 16.9. The molecule has 1 N–H and O–H groups in total. The molecule has 0 aliphatic rings. The summed E-state index contributed by atoms with van der Waals surface area (Å²) in [5, 5.41) is 12.3. The Labute approximate surface area is 147 Å². The normalized spacial score (nSPS) is 13.0. The maximum atomic E-state index is 12.5. The maximum Gasteiger partial charge on any atom is 0.273 e. The standard InChI is InChI=1S/C19H23N5O/c1-12-17(18(25)21-13(2)19(3,4)5)22-23-24(12)15-8-9-16-14(11-15)7-6-10-20-16/h6-11,13H,1-5H3,(H,21,25). The van der Waals surface area contributed by atoms with Crippen LogP contribution in [0, 0.1) is 12.3 Å². The Kier molecular flexibility index (Phi) is 4.29. The number of amides is 1. The second-order valence-corrected chi connectivity index (χ2v) is 7.38. The molecule has 0 aliphatic carbocycles. The van der Waals surface area contributed by atoms with Crippen molar-refractivity contribution in [3.63, 3.8) is 0 Å². The molecule has 0 saturated carbocycles. The zero-order chi connectivity index (χ0) is 18.2. The van der Waals surface area contributed by atoms with Gasteiger partial charge < -0.3 is 5.32 Å². The van der Waals surface area contributed by atoms with Crippen molar-refractivity contribution in [2.75, 3.05) is 0 Å². The molecule has 0 aliphatic heterocycles. The van der Waals surface area contributed by atoms with Crippen molar-refractivity contribution >= 4 is 16.8 Å². The molecule has 2 heterocycles. The number of nitrogens with zero attached hydrogens (tertiary/aromatic N) is 4. The number of aromatic nitrogens is 4. The zero-order valence-electron chi connectivity index (χ0n) is 15.2. The molecule has 0 radical (unpaired) electrons. The number of benzene rings is 1. The second kappa shape index (κ2) is 6.27. The van der Waals surface area contributed by atoms with Gasteiger partial charge in [-0.2, -0.15) is 0 Å². The van der Waals surface area contributed by atoms with Crippen molar-refractivity contribution in [1.29, 1.82) is 0 Å². The molecule has 130 valence electrons. The molecule has 6 heteroatoms. The van der Waals surface area contributed by atoms with Gasteiger partial charge in [-0.3, -0.25) is 9.78 Å². The number of nitrogens with one attached hydrogen (secondary N) is 1. The molecular formula is C19H23N5O. The lowest BCUT2D eigenvalue weighted by molar-refractivity contribution is 0.0904. The molecule has 3 aromatic rings. The first-order valence-corrected chi connectivity index (χ1v) is 8.35. The van der Waals surface area contributed by atoms with Crippen LogP contribution in [0.3, 0.4) is 0 Å². The SMILES string of the molecule is Cc1c(C(=O)NC(C)C(C)(C)C)nnn1-c1ccc2ncccc2c1. The molecule has 0 bridgehead atoms. The highest BCUT2D eigenvalue weighted by Gasteiger charge is 2.25. The number of carbonyl (C=O) groups is 1. The lowest BCUT2D eigenvalue weighted by Gasteiger charge is -2.27. The van der Waals surface area contributed by atoms with E-state index in [0.29, 0.717) is 11.4 Å². The van der Waals surface area contributed by atoms with Gasteiger partial charge in [-0.05, 0) is 43.5 Å². The Morgan fingerprint density at radius 2 is 2.00 bits per heavy atom. The van der Waals surface area contributed by atoms with Crippen LogP contribution in [-0.4, -0.2) is 31.9 Å². The summed E-state index contributed by atoms with van der Waals surface area (Å²) in [7, 11) is 0. The number of rotatable bonds is 3. The highest BCUT2D eigenvalue weighted by atomic mass is 16.2. The van der Waals surface area contributed by atoms with Gasteiger partial charge in [-0.15, -0.1) is 5.10 Å². The van der Waals surface area contributed by atoms with Crippen LogP contribution >= 0.6 is 0 Å². The quantitative estimate of drug-likeness (QED) is 0.796. The Morgan fingerprint density at radius 3 is 2.72 bits per heavy atom.